The van der Waals surface area contributed by atoms with Crippen molar-refractivity contribution in [3.8, 4) is 0 Å². The third-order valence-electron chi connectivity index (χ3n) is 1.07. The van der Waals surface area contributed by atoms with Gasteiger partial charge in [0, 0.05) is 26.9 Å². The van der Waals surface area contributed by atoms with Crippen LogP contribution in [0.3, 0.4) is 0 Å². The summed E-state index contributed by atoms with van der Waals surface area (Å²) in [6, 6.07) is 0. The summed E-state index contributed by atoms with van der Waals surface area (Å²) in [4.78, 5) is 20.0. The molecular weight excluding hydrogens is 148 g/mol. The molecule has 0 unspecified atom stereocenters. The Balaban J connectivity index is 3.14. The molecule has 0 spiro atoms. The second-order valence-corrected chi connectivity index (χ2v) is 2.16. The van der Waals surface area contributed by atoms with Crippen molar-refractivity contribution in [2.45, 2.75) is 13.3 Å². The molecule has 0 heterocycles. The molecule has 0 saturated heterocycles. The lowest BCUT2D eigenvalue weighted by atomic mass is 10.4. The maximum absolute atomic E-state index is 10.2. The highest BCUT2D eigenvalue weighted by atomic mass is 16.5. The summed E-state index contributed by atoms with van der Waals surface area (Å²) >= 11 is 0. The smallest absolute Gasteiger partial charge is 0.302 e. The van der Waals surface area contributed by atoms with Crippen LogP contribution in [-0.2, 0) is 9.53 Å². The van der Waals surface area contributed by atoms with Crippen LogP contribution in [-0.4, -0.2) is 31.2 Å². The van der Waals surface area contributed by atoms with Crippen LogP contribution >= 0.6 is 0 Å². The standard InChI is InChI=1S/C6H12N2O3/c1-6(9)11-5-3-4-8(2)7-10/h3-5H2,1-2H3. The molecule has 0 bridgehead atoms. The zero-order valence-corrected chi connectivity index (χ0v) is 6.74. The van der Waals surface area contributed by atoms with Crippen LogP contribution in [0, 0.1) is 4.91 Å². The Hall–Kier alpha value is -1.13. The number of ether oxygens (including phenoxy) is 1. The zero-order chi connectivity index (χ0) is 8.69. The van der Waals surface area contributed by atoms with E-state index in [0.29, 0.717) is 19.6 Å². The van der Waals surface area contributed by atoms with Crippen molar-refractivity contribution in [3.63, 3.8) is 0 Å². The SMILES string of the molecule is CC(=O)OCCCN(C)N=O. The number of rotatable bonds is 5. The molecule has 0 aromatic heterocycles. The van der Waals surface area contributed by atoms with Crippen LogP contribution in [0.25, 0.3) is 0 Å². The molecule has 64 valence electrons. The number of hydrogen-bond acceptors (Lipinski definition) is 4. The molecule has 0 aliphatic heterocycles. The molecule has 0 aliphatic rings. The van der Waals surface area contributed by atoms with Crippen molar-refractivity contribution in [2.24, 2.45) is 5.29 Å². The maximum Gasteiger partial charge on any atom is 0.302 e. The molecule has 11 heavy (non-hydrogen) atoms. The van der Waals surface area contributed by atoms with Gasteiger partial charge in [0.2, 0.25) is 0 Å². The first kappa shape index (κ1) is 9.87. The zero-order valence-electron chi connectivity index (χ0n) is 6.74. The number of carbonyl (C=O) groups is 1. The Bertz CT molecular complexity index is 138. The van der Waals surface area contributed by atoms with Gasteiger partial charge in [-0.1, -0.05) is 0 Å². The van der Waals surface area contributed by atoms with E-state index >= 15 is 0 Å². The van der Waals surface area contributed by atoms with Gasteiger partial charge in [0.25, 0.3) is 0 Å². The topological polar surface area (TPSA) is 59.0 Å². The van der Waals surface area contributed by atoms with Gasteiger partial charge in [-0.05, 0) is 0 Å². The lowest BCUT2D eigenvalue weighted by molar-refractivity contribution is -0.141. The molecule has 0 rings (SSSR count). The summed E-state index contributed by atoms with van der Waals surface area (Å²) < 4.78 is 4.63. The van der Waals surface area contributed by atoms with E-state index in [4.69, 9.17) is 0 Å². The van der Waals surface area contributed by atoms with Gasteiger partial charge >= 0.3 is 5.97 Å². The van der Waals surface area contributed by atoms with Gasteiger partial charge in [-0.15, -0.1) is 4.91 Å². The van der Waals surface area contributed by atoms with E-state index in [-0.39, 0.29) is 5.97 Å². The molecular formula is C6H12N2O3. The molecule has 0 radical (unpaired) electrons. The third kappa shape index (κ3) is 6.76. The van der Waals surface area contributed by atoms with Crippen molar-refractivity contribution in [3.05, 3.63) is 4.91 Å². The number of hydrogen-bond donors (Lipinski definition) is 0. The van der Waals surface area contributed by atoms with Gasteiger partial charge in [-0.25, -0.2) is 0 Å². The van der Waals surface area contributed by atoms with Gasteiger partial charge in [0.1, 0.15) is 0 Å². The minimum Gasteiger partial charge on any atom is -0.466 e. The lowest BCUT2D eigenvalue weighted by Gasteiger charge is -2.07. The predicted octanol–water partition coefficient (Wildman–Crippen LogP) is 0.553. The van der Waals surface area contributed by atoms with Gasteiger partial charge in [-0.2, -0.15) is 0 Å². The van der Waals surface area contributed by atoms with Gasteiger partial charge < -0.3 is 4.74 Å². The minimum absolute atomic E-state index is 0.299. The molecule has 0 saturated carbocycles. The summed E-state index contributed by atoms with van der Waals surface area (Å²) in [6.45, 7) is 2.20. The molecule has 0 fully saturated rings. The molecule has 0 aliphatic carbocycles. The van der Waals surface area contributed by atoms with Crippen LogP contribution in [0.1, 0.15) is 13.3 Å². The van der Waals surface area contributed by atoms with E-state index in [2.05, 4.69) is 10.0 Å². The second-order valence-electron chi connectivity index (χ2n) is 2.16. The summed E-state index contributed by atoms with van der Waals surface area (Å²) in [5.41, 5.74) is 0. The summed E-state index contributed by atoms with van der Waals surface area (Å²) in [7, 11) is 1.57. The largest absolute Gasteiger partial charge is 0.466 e. The average molecular weight is 160 g/mol. The Kier molecular flexibility index (Phi) is 5.06. The fourth-order valence-electron chi connectivity index (χ4n) is 0.550. The van der Waals surface area contributed by atoms with Crippen LogP contribution in [0.15, 0.2) is 5.29 Å². The Labute approximate surface area is 65.3 Å². The summed E-state index contributed by atoms with van der Waals surface area (Å²) in [5, 5.41) is 3.90. The molecule has 0 aromatic carbocycles. The molecule has 0 amide bonds. The fourth-order valence-corrected chi connectivity index (χ4v) is 0.550. The van der Waals surface area contributed by atoms with E-state index < -0.39 is 0 Å². The van der Waals surface area contributed by atoms with Crippen molar-refractivity contribution in [1.29, 1.82) is 0 Å². The Morgan fingerprint density at radius 1 is 1.64 bits per heavy atom. The molecule has 0 aromatic rings. The van der Waals surface area contributed by atoms with E-state index in [1.807, 2.05) is 0 Å². The van der Waals surface area contributed by atoms with E-state index in [1.54, 1.807) is 7.05 Å². The minimum atomic E-state index is -0.299. The first-order valence-corrected chi connectivity index (χ1v) is 3.34. The third-order valence-corrected chi connectivity index (χ3v) is 1.07. The van der Waals surface area contributed by atoms with Gasteiger partial charge in [0.15, 0.2) is 0 Å². The molecule has 0 atom stereocenters. The summed E-state index contributed by atoms with van der Waals surface area (Å²) in [5.74, 6) is -0.299. The predicted molar refractivity (Wildman–Crippen MR) is 39.7 cm³/mol. The lowest BCUT2D eigenvalue weighted by Crippen LogP contribution is -2.14. The molecule has 0 N–H and O–H groups in total. The number of esters is 1. The normalized spacial score (nSPS) is 8.91. The van der Waals surface area contributed by atoms with Crippen molar-refractivity contribution in [2.75, 3.05) is 20.2 Å². The van der Waals surface area contributed by atoms with Crippen molar-refractivity contribution >= 4 is 5.97 Å². The highest BCUT2D eigenvalue weighted by Gasteiger charge is 1.95. The van der Waals surface area contributed by atoms with Crippen LogP contribution < -0.4 is 0 Å². The van der Waals surface area contributed by atoms with Crippen molar-refractivity contribution < 1.29 is 9.53 Å². The van der Waals surface area contributed by atoms with Gasteiger partial charge in [-0.3, -0.25) is 9.80 Å². The van der Waals surface area contributed by atoms with Crippen LogP contribution in [0.5, 0.6) is 0 Å². The second kappa shape index (κ2) is 5.64. The fraction of sp³-hybridized carbons (Fsp3) is 0.833. The monoisotopic (exact) mass is 160 g/mol. The number of carbonyl (C=O) groups excluding carboxylic acids is 1. The quantitative estimate of drug-likeness (QED) is 0.255. The first-order valence-electron chi connectivity index (χ1n) is 3.34. The highest BCUT2D eigenvalue weighted by Crippen LogP contribution is 1.88. The van der Waals surface area contributed by atoms with E-state index in [0.717, 1.165) is 0 Å². The molecule has 5 nitrogen and oxygen atoms in total. The van der Waals surface area contributed by atoms with Crippen LogP contribution in [0.2, 0.25) is 0 Å². The van der Waals surface area contributed by atoms with E-state index in [9.17, 15) is 9.70 Å². The average Bonchev–Trinajstić information content (AvgIpc) is 1.97. The van der Waals surface area contributed by atoms with Crippen LogP contribution in [0.4, 0.5) is 0 Å². The number of nitroso groups, excluding NO2 is 1. The van der Waals surface area contributed by atoms with Gasteiger partial charge in [0.05, 0.1) is 11.9 Å². The number of nitrogens with zero attached hydrogens (tertiary/aromatic N) is 2. The van der Waals surface area contributed by atoms with E-state index in [1.165, 1.54) is 11.9 Å². The first-order chi connectivity index (χ1) is 5.16. The Morgan fingerprint density at radius 3 is 2.73 bits per heavy atom. The Morgan fingerprint density at radius 2 is 2.27 bits per heavy atom. The maximum atomic E-state index is 10.2. The highest BCUT2D eigenvalue weighted by molar-refractivity contribution is 5.65. The molecule has 5 heteroatoms. The van der Waals surface area contributed by atoms with Crippen molar-refractivity contribution in [1.82, 2.24) is 5.01 Å². The summed E-state index contributed by atoms with van der Waals surface area (Å²) in [6.07, 6.45) is 0.627.